The molecule has 0 N–H and O–H groups in total. The Morgan fingerprint density at radius 1 is 1.12 bits per heavy atom. The number of hydrogen-bond acceptors (Lipinski definition) is 6. The Hall–Kier alpha value is -2.91. The summed E-state index contributed by atoms with van der Waals surface area (Å²) >= 11 is 6.15. The molecular formula is C22H25ClN4O4S. The van der Waals surface area contributed by atoms with Crippen LogP contribution in [0.5, 0.6) is 0 Å². The van der Waals surface area contributed by atoms with Crippen LogP contribution in [0.2, 0.25) is 5.02 Å². The highest BCUT2D eigenvalue weighted by molar-refractivity contribution is 7.92. The number of aromatic nitrogens is 2. The maximum Gasteiger partial charge on any atom is 0.246 e. The fourth-order valence-electron chi connectivity index (χ4n) is 3.21. The average molecular weight is 477 g/mol. The third kappa shape index (κ3) is 5.86. The van der Waals surface area contributed by atoms with Crippen molar-refractivity contribution in [2.75, 3.05) is 24.2 Å². The van der Waals surface area contributed by atoms with E-state index in [0.29, 0.717) is 34.4 Å². The van der Waals surface area contributed by atoms with E-state index in [9.17, 15) is 13.2 Å². The maximum atomic E-state index is 12.6. The van der Waals surface area contributed by atoms with Gasteiger partial charge in [-0.25, -0.2) is 8.42 Å². The van der Waals surface area contributed by atoms with Crippen LogP contribution >= 0.6 is 11.6 Å². The van der Waals surface area contributed by atoms with Crippen LogP contribution in [0.3, 0.4) is 0 Å². The number of hydrogen-bond donors (Lipinski definition) is 0. The number of halogens is 1. The molecule has 8 nitrogen and oxygen atoms in total. The summed E-state index contributed by atoms with van der Waals surface area (Å²) in [5.41, 5.74) is 2.02. The van der Waals surface area contributed by atoms with E-state index in [1.54, 1.807) is 32.2 Å². The van der Waals surface area contributed by atoms with Crippen molar-refractivity contribution in [3.63, 3.8) is 0 Å². The highest BCUT2D eigenvalue weighted by Gasteiger charge is 2.21. The zero-order valence-electron chi connectivity index (χ0n) is 18.2. The summed E-state index contributed by atoms with van der Waals surface area (Å²) in [4.78, 5) is 18.4. The Bertz CT molecular complexity index is 1180. The Balaban J connectivity index is 1.58. The molecule has 2 aromatic carbocycles. The van der Waals surface area contributed by atoms with Crippen molar-refractivity contribution in [3.8, 4) is 11.4 Å². The molecule has 1 amide bonds. The lowest BCUT2D eigenvalue weighted by molar-refractivity contribution is -0.130. The minimum atomic E-state index is -3.53. The molecule has 1 aromatic heterocycles. The van der Waals surface area contributed by atoms with Crippen molar-refractivity contribution < 1.29 is 17.7 Å². The molecule has 0 spiro atoms. The number of carbonyl (C=O) groups is 1. The molecule has 0 unspecified atom stereocenters. The van der Waals surface area contributed by atoms with Crippen LogP contribution in [0.4, 0.5) is 5.69 Å². The normalized spacial score (nSPS) is 11.4. The van der Waals surface area contributed by atoms with E-state index >= 15 is 0 Å². The summed E-state index contributed by atoms with van der Waals surface area (Å²) in [6.07, 6.45) is 1.66. The largest absolute Gasteiger partial charge is 0.337 e. The molecule has 0 saturated carbocycles. The Labute approximate surface area is 192 Å². The van der Waals surface area contributed by atoms with Gasteiger partial charge in [0.25, 0.3) is 0 Å². The molecular weight excluding hydrogens is 452 g/mol. The van der Waals surface area contributed by atoms with Crippen molar-refractivity contribution in [1.29, 1.82) is 0 Å². The number of nitrogens with zero attached hydrogens (tertiary/aromatic N) is 4. The molecule has 0 radical (unpaired) electrons. The molecule has 3 rings (SSSR count). The summed E-state index contributed by atoms with van der Waals surface area (Å²) in [5.74, 6) is 0.634. The molecule has 32 heavy (non-hydrogen) atoms. The number of carbonyl (C=O) groups excluding carboxylic acids is 1. The molecule has 1 heterocycles. The molecule has 0 saturated heterocycles. The minimum Gasteiger partial charge on any atom is -0.337 e. The second-order valence-corrected chi connectivity index (χ2v) is 9.76. The third-order valence-electron chi connectivity index (χ3n) is 4.96. The standard InChI is InChI=1S/C22H25ClN4O4S/c1-16-18(23)11-7-12-19(16)27(32(3,29)30)14-8-13-21(28)26(2)15-20-24-22(25-31-20)17-9-5-4-6-10-17/h4-7,9-12H,8,13-15H2,1-3H3. The van der Waals surface area contributed by atoms with Gasteiger partial charge in [-0.1, -0.05) is 53.2 Å². The summed E-state index contributed by atoms with van der Waals surface area (Å²) < 4.78 is 31.2. The van der Waals surface area contributed by atoms with E-state index in [0.717, 1.165) is 11.8 Å². The van der Waals surface area contributed by atoms with Crippen LogP contribution in [0.15, 0.2) is 53.1 Å². The van der Waals surface area contributed by atoms with Crippen LogP contribution in [0.25, 0.3) is 11.4 Å². The third-order valence-corrected chi connectivity index (χ3v) is 6.55. The topological polar surface area (TPSA) is 96.6 Å². The lowest BCUT2D eigenvalue weighted by atomic mass is 10.2. The first-order valence-electron chi connectivity index (χ1n) is 10.0. The Kier molecular flexibility index (Phi) is 7.52. The number of anilines is 1. The first-order valence-corrected chi connectivity index (χ1v) is 12.2. The van der Waals surface area contributed by atoms with E-state index in [1.165, 1.54) is 9.21 Å². The van der Waals surface area contributed by atoms with Gasteiger partial charge in [-0.15, -0.1) is 0 Å². The van der Waals surface area contributed by atoms with E-state index < -0.39 is 10.0 Å². The van der Waals surface area contributed by atoms with E-state index in [2.05, 4.69) is 10.1 Å². The first-order chi connectivity index (χ1) is 15.2. The number of amides is 1. The second kappa shape index (κ2) is 10.1. The smallest absolute Gasteiger partial charge is 0.246 e. The fraction of sp³-hybridized carbons (Fsp3) is 0.318. The lowest BCUT2D eigenvalue weighted by Crippen LogP contribution is -2.33. The predicted molar refractivity (Wildman–Crippen MR) is 124 cm³/mol. The predicted octanol–water partition coefficient (Wildman–Crippen LogP) is 3.90. The highest BCUT2D eigenvalue weighted by atomic mass is 35.5. The van der Waals surface area contributed by atoms with Gasteiger partial charge in [0.05, 0.1) is 18.5 Å². The fourth-order valence-corrected chi connectivity index (χ4v) is 4.40. The van der Waals surface area contributed by atoms with Crippen LogP contribution in [-0.2, 0) is 21.4 Å². The summed E-state index contributed by atoms with van der Waals surface area (Å²) in [6, 6.07) is 14.5. The molecule has 0 fully saturated rings. The van der Waals surface area contributed by atoms with Crippen LogP contribution in [0, 0.1) is 6.92 Å². The van der Waals surface area contributed by atoms with E-state index in [-0.39, 0.29) is 25.4 Å². The molecule has 3 aromatic rings. The van der Waals surface area contributed by atoms with Gasteiger partial charge < -0.3 is 9.42 Å². The number of sulfonamides is 1. The van der Waals surface area contributed by atoms with Crippen molar-refractivity contribution in [1.82, 2.24) is 15.0 Å². The Morgan fingerprint density at radius 3 is 2.53 bits per heavy atom. The molecule has 0 atom stereocenters. The van der Waals surface area contributed by atoms with Gasteiger partial charge in [-0.05, 0) is 31.0 Å². The van der Waals surface area contributed by atoms with Gasteiger partial charge in [0.15, 0.2) is 0 Å². The summed E-state index contributed by atoms with van der Waals surface area (Å²) in [7, 11) is -1.89. The van der Waals surface area contributed by atoms with Crippen molar-refractivity contribution in [2.45, 2.75) is 26.3 Å². The Morgan fingerprint density at radius 2 is 1.84 bits per heavy atom. The highest BCUT2D eigenvalue weighted by Crippen LogP contribution is 2.28. The molecule has 0 aliphatic carbocycles. The summed E-state index contributed by atoms with van der Waals surface area (Å²) in [5, 5.41) is 4.44. The lowest BCUT2D eigenvalue weighted by Gasteiger charge is -2.25. The van der Waals surface area contributed by atoms with Crippen molar-refractivity contribution >= 4 is 33.2 Å². The molecule has 0 aliphatic rings. The molecule has 0 aliphatic heterocycles. The first kappa shape index (κ1) is 23.7. The van der Waals surface area contributed by atoms with Crippen molar-refractivity contribution in [3.05, 3.63) is 65.0 Å². The van der Waals surface area contributed by atoms with Gasteiger partial charge in [-0.3, -0.25) is 9.10 Å². The van der Waals surface area contributed by atoms with Crippen LogP contribution < -0.4 is 4.31 Å². The monoisotopic (exact) mass is 476 g/mol. The summed E-state index contributed by atoms with van der Waals surface area (Å²) in [6.45, 7) is 2.10. The van der Waals surface area contributed by atoms with Crippen LogP contribution in [0.1, 0.15) is 24.3 Å². The SMILES string of the molecule is Cc1c(Cl)cccc1N(CCCC(=O)N(C)Cc1nc(-c2ccccc2)no1)S(C)(=O)=O. The quantitative estimate of drug-likeness (QED) is 0.464. The average Bonchev–Trinajstić information content (AvgIpc) is 3.21. The minimum absolute atomic E-state index is 0.152. The van der Waals surface area contributed by atoms with Gasteiger partial charge in [0, 0.05) is 30.6 Å². The van der Waals surface area contributed by atoms with E-state index in [4.69, 9.17) is 16.1 Å². The number of rotatable bonds is 9. The van der Waals surface area contributed by atoms with Crippen LogP contribution in [-0.4, -0.2) is 49.2 Å². The maximum absolute atomic E-state index is 12.6. The molecule has 170 valence electrons. The molecule has 10 heteroatoms. The van der Waals surface area contributed by atoms with Gasteiger partial charge >= 0.3 is 0 Å². The van der Waals surface area contributed by atoms with Gasteiger partial charge in [-0.2, -0.15) is 4.98 Å². The van der Waals surface area contributed by atoms with E-state index in [1.807, 2.05) is 30.3 Å². The second-order valence-electron chi connectivity index (χ2n) is 7.45. The van der Waals surface area contributed by atoms with Gasteiger partial charge in [0.2, 0.25) is 27.6 Å². The molecule has 0 bridgehead atoms. The van der Waals surface area contributed by atoms with Crippen molar-refractivity contribution in [2.24, 2.45) is 0 Å². The van der Waals surface area contributed by atoms with Gasteiger partial charge in [0.1, 0.15) is 0 Å². The zero-order chi connectivity index (χ0) is 23.3. The zero-order valence-corrected chi connectivity index (χ0v) is 19.7. The number of benzene rings is 2.